The average molecular weight is 337 g/mol. The third-order valence-corrected chi connectivity index (χ3v) is 4.09. The molecule has 0 aliphatic rings. The fourth-order valence-electron chi connectivity index (χ4n) is 2.54. The van der Waals surface area contributed by atoms with Crippen LogP contribution in [0.2, 0.25) is 5.02 Å². The number of benzene rings is 1. The summed E-state index contributed by atoms with van der Waals surface area (Å²) >= 11 is 5.97. The van der Waals surface area contributed by atoms with E-state index >= 15 is 0 Å². The molecule has 2 aromatic rings. The van der Waals surface area contributed by atoms with Gasteiger partial charge in [0.15, 0.2) is 0 Å². The second-order valence-corrected chi connectivity index (χ2v) is 5.68. The number of hydrogen-bond acceptors (Lipinski definition) is 5. The van der Waals surface area contributed by atoms with Crippen LogP contribution < -0.4 is 5.32 Å². The summed E-state index contributed by atoms with van der Waals surface area (Å²) < 4.78 is 0. The lowest BCUT2D eigenvalue weighted by molar-refractivity contribution is -0.384. The second kappa shape index (κ2) is 8.08. The number of rotatable bonds is 8. The Kier molecular flexibility index (Phi) is 6.12. The Bertz CT molecular complexity index is 689. The van der Waals surface area contributed by atoms with Gasteiger partial charge < -0.3 is 10.2 Å². The fraction of sp³-hybridized carbons (Fsp3) is 0.438. The fourth-order valence-corrected chi connectivity index (χ4v) is 2.70. The predicted molar refractivity (Wildman–Crippen MR) is 94.3 cm³/mol. The minimum absolute atomic E-state index is 0.0114. The van der Waals surface area contributed by atoms with Crippen LogP contribution in [0, 0.1) is 10.1 Å². The molecule has 0 atom stereocenters. The van der Waals surface area contributed by atoms with E-state index in [4.69, 9.17) is 11.6 Å². The first-order chi connectivity index (χ1) is 11.1. The Balaban J connectivity index is 2.20. The molecule has 1 aromatic heterocycles. The lowest BCUT2D eigenvalue weighted by Gasteiger charge is -2.18. The van der Waals surface area contributed by atoms with Crippen LogP contribution in [0.25, 0.3) is 10.9 Å². The van der Waals surface area contributed by atoms with Crippen molar-refractivity contribution in [1.82, 2.24) is 9.88 Å². The molecule has 0 fully saturated rings. The van der Waals surface area contributed by atoms with Gasteiger partial charge in [-0.3, -0.25) is 10.1 Å². The van der Waals surface area contributed by atoms with Gasteiger partial charge >= 0.3 is 5.69 Å². The van der Waals surface area contributed by atoms with Gasteiger partial charge in [-0.15, -0.1) is 0 Å². The van der Waals surface area contributed by atoms with Crippen molar-refractivity contribution in [3.05, 3.63) is 39.5 Å². The summed E-state index contributed by atoms with van der Waals surface area (Å²) in [6.07, 6.45) is 2.20. The first-order valence-corrected chi connectivity index (χ1v) is 8.13. The Labute approximate surface area is 140 Å². The van der Waals surface area contributed by atoms with Gasteiger partial charge in [-0.2, -0.15) is 0 Å². The zero-order chi connectivity index (χ0) is 16.8. The second-order valence-electron chi connectivity index (χ2n) is 5.24. The van der Waals surface area contributed by atoms with E-state index in [1.165, 1.54) is 6.20 Å². The van der Waals surface area contributed by atoms with E-state index in [1.54, 1.807) is 18.2 Å². The number of pyridine rings is 1. The monoisotopic (exact) mass is 336 g/mol. The molecule has 1 aromatic carbocycles. The van der Waals surface area contributed by atoms with E-state index in [1.807, 2.05) is 0 Å². The Morgan fingerprint density at radius 2 is 2.09 bits per heavy atom. The third-order valence-electron chi connectivity index (χ3n) is 3.86. The summed E-state index contributed by atoms with van der Waals surface area (Å²) in [5.41, 5.74) is 1.15. The standard InChI is InChI=1S/C16H21ClN4O2/c1-3-20(4-2)9-5-8-18-16-13-7-6-12(17)10-14(13)19-11-15(16)21(22)23/h6-7,10-11H,3-5,8-9H2,1-2H3,(H,18,19). The zero-order valence-corrected chi connectivity index (χ0v) is 14.1. The van der Waals surface area contributed by atoms with Crippen molar-refractivity contribution in [2.24, 2.45) is 0 Å². The van der Waals surface area contributed by atoms with Crippen molar-refractivity contribution in [3.63, 3.8) is 0 Å². The van der Waals surface area contributed by atoms with E-state index in [-0.39, 0.29) is 5.69 Å². The van der Waals surface area contributed by atoms with Gasteiger partial charge in [0.2, 0.25) is 0 Å². The first-order valence-electron chi connectivity index (χ1n) is 7.75. The van der Waals surface area contributed by atoms with Crippen LogP contribution in [0.1, 0.15) is 20.3 Å². The van der Waals surface area contributed by atoms with Crippen molar-refractivity contribution < 1.29 is 4.92 Å². The molecule has 0 spiro atoms. The van der Waals surface area contributed by atoms with Crippen molar-refractivity contribution >= 4 is 33.9 Å². The smallest absolute Gasteiger partial charge is 0.311 e. The van der Waals surface area contributed by atoms with Gasteiger partial charge in [0, 0.05) is 17.0 Å². The molecule has 124 valence electrons. The lowest BCUT2D eigenvalue weighted by Crippen LogP contribution is -2.25. The SMILES string of the molecule is CCN(CC)CCCNc1c([N+](=O)[O-])cnc2cc(Cl)ccc12. The van der Waals surface area contributed by atoms with Crippen molar-refractivity contribution in [1.29, 1.82) is 0 Å². The molecule has 0 bridgehead atoms. The number of nitro groups is 1. The Morgan fingerprint density at radius 3 is 2.74 bits per heavy atom. The molecule has 0 aliphatic carbocycles. The van der Waals surface area contributed by atoms with E-state index in [0.29, 0.717) is 28.2 Å². The molecule has 0 saturated heterocycles. The van der Waals surface area contributed by atoms with E-state index in [0.717, 1.165) is 26.1 Å². The molecular weight excluding hydrogens is 316 g/mol. The third kappa shape index (κ3) is 4.30. The number of aromatic nitrogens is 1. The molecule has 6 nitrogen and oxygen atoms in total. The van der Waals surface area contributed by atoms with Crippen LogP contribution >= 0.6 is 11.6 Å². The maximum absolute atomic E-state index is 11.3. The van der Waals surface area contributed by atoms with Crippen LogP contribution in [0.15, 0.2) is 24.4 Å². The van der Waals surface area contributed by atoms with Crippen LogP contribution in [0.4, 0.5) is 11.4 Å². The summed E-state index contributed by atoms with van der Waals surface area (Å²) in [5.74, 6) is 0. The quantitative estimate of drug-likeness (QED) is 0.449. The van der Waals surface area contributed by atoms with Crippen molar-refractivity contribution in [2.75, 3.05) is 31.5 Å². The molecule has 0 aliphatic heterocycles. The van der Waals surface area contributed by atoms with Crippen LogP contribution in [0.3, 0.4) is 0 Å². The molecule has 1 N–H and O–H groups in total. The number of nitrogens with one attached hydrogen (secondary N) is 1. The molecule has 0 amide bonds. The summed E-state index contributed by atoms with van der Waals surface area (Å²) in [6, 6.07) is 5.20. The van der Waals surface area contributed by atoms with Gasteiger partial charge in [0.25, 0.3) is 0 Å². The highest BCUT2D eigenvalue weighted by molar-refractivity contribution is 6.31. The maximum Gasteiger partial charge on any atom is 0.311 e. The summed E-state index contributed by atoms with van der Waals surface area (Å²) in [4.78, 5) is 17.3. The Hall–Kier alpha value is -1.92. The van der Waals surface area contributed by atoms with Gasteiger partial charge in [-0.1, -0.05) is 25.4 Å². The highest BCUT2D eigenvalue weighted by Crippen LogP contribution is 2.32. The molecule has 0 radical (unpaired) electrons. The number of halogens is 1. The minimum Gasteiger partial charge on any atom is -0.379 e. The van der Waals surface area contributed by atoms with E-state index in [2.05, 4.69) is 29.0 Å². The molecule has 23 heavy (non-hydrogen) atoms. The average Bonchev–Trinajstić information content (AvgIpc) is 2.54. The largest absolute Gasteiger partial charge is 0.379 e. The number of anilines is 1. The van der Waals surface area contributed by atoms with E-state index in [9.17, 15) is 10.1 Å². The zero-order valence-electron chi connectivity index (χ0n) is 13.4. The number of nitrogens with zero attached hydrogens (tertiary/aromatic N) is 3. The van der Waals surface area contributed by atoms with Gasteiger partial charge in [0.1, 0.15) is 11.9 Å². The number of fused-ring (bicyclic) bond motifs is 1. The molecule has 7 heteroatoms. The Morgan fingerprint density at radius 1 is 1.35 bits per heavy atom. The van der Waals surface area contributed by atoms with Crippen LogP contribution in [0.5, 0.6) is 0 Å². The van der Waals surface area contributed by atoms with E-state index < -0.39 is 4.92 Å². The molecule has 1 heterocycles. The molecular formula is C16H21ClN4O2. The molecule has 0 unspecified atom stereocenters. The van der Waals surface area contributed by atoms with Gasteiger partial charge in [-0.05, 0) is 44.3 Å². The topological polar surface area (TPSA) is 71.3 Å². The summed E-state index contributed by atoms with van der Waals surface area (Å²) in [6.45, 7) is 7.90. The van der Waals surface area contributed by atoms with Gasteiger partial charge in [-0.25, -0.2) is 4.98 Å². The number of hydrogen-bond donors (Lipinski definition) is 1. The maximum atomic E-state index is 11.3. The highest BCUT2D eigenvalue weighted by atomic mass is 35.5. The van der Waals surface area contributed by atoms with Crippen molar-refractivity contribution in [3.8, 4) is 0 Å². The first kappa shape index (κ1) is 17.4. The normalized spacial score (nSPS) is 11.1. The highest BCUT2D eigenvalue weighted by Gasteiger charge is 2.17. The molecule has 2 rings (SSSR count). The molecule has 0 saturated carbocycles. The predicted octanol–water partition coefficient (Wildman–Crippen LogP) is 3.94. The van der Waals surface area contributed by atoms with Crippen LogP contribution in [-0.2, 0) is 0 Å². The van der Waals surface area contributed by atoms with Crippen molar-refractivity contribution in [2.45, 2.75) is 20.3 Å². The summed E-state index contributed by atoms with van der Waals surface area (Å²) in [7, 11) is 0. The lowest BCUT2D eigenvalue weighted by atomic mass is 10.1. The van der Waals surface area contributed by atoms with Gasteiger partial charge in [0.05, 0.1) is 10.4 Å². The van der Waals surface area contributed by atoms with Crippen LogP contribution in [-0.4, -0.2) is 41.0 Å². The summed E-state index contributed by atoms with van der Waals surface area (Å²) in [5, 5.41) is 15.7. The minimum atomic E-state index is -0.409.